The van der Waals surface area contributed by atoms with Crippen molar-refractivity contribution in [3.8, 4) is 0 Å². The van der Waals surface area contributed by atoms with Gasteiger partial charge in [0.15, 0.2) is 0 Å². The topological polar surface area (TPSA) is 26.0 Å². The van der Waals surface area contributed by atoms with Crippen LogP contribution in [0.15, 0.2) is 0 Å². The van der Waals surface area contributed by atoms with Crippen molar-refractivity contribution in [2.24, 2.45) is 35.3 Å². The third-order valence-corrected chi connectivity index (χ3v) is 5.22. The molecule has 3 unspecified atom stereocenters. The molecule has 2 N–H and O–H groups in total. The van der Waals surface area contributed by atoms with Gasteiger partial charge >= 0.3 is 0 Å². The highest BCUT2D eigenvalue weighted by Gasteiger charge is 2.31. The number of hydrogen-bond donors (Lipinski definition) is 1. The lowest BCUT2D eigenvalue weighted by atomic mass is 9.67. The van der Waals surface area contributed by atoms with Crippen molar-refractivity contribution >= 4 is 0 Å². The molecule has 0 aromatic heterocycles. The van der Waals surface area contributed by atoms with E-state index in [1.807, 2.05) is 0 Å². The van der Waals surface area contributed by atoms with Crippen molar-refractivity contribution in [3.05, 3.63) is 0 Å². The zero-order chi connectivity index (χ0) is 12.8. The molecule has 0 amide bonds. The molecule has 0 bridgehead atoms. The molecule has 102 valence electrons. The molecule has 1 aliphatic carbocycles. The third kappa shape index (κ3) is 4.28. The van der Waals surface area contributed by atoms with Gasteiger partial charge in [0.1, 0.15) is 0 Å². The maximum absolute atomic E-state index is 5.97. The molecular weight excluding hydrogens is 206 g/mol. The smallest absolute Gasteiger partial charge is 0.00462 e. The molecule has 1 nitrogen and oxygen atoms in total. The fraction of sp³-hybridized carbons (Fsp3) is 1.00. The Labute approximate surface area is 109 Å². The lowest BCUT2D eigenvalue weighted by Crippen LogP contribution is -2.33. The van der Waals surface area contributed by atoms with E-state index < -0.39 is 0 Å². The summed E-state index contributed by atoms with van der Waals surface area (Å²) in [5.74, 6) is 4.46. The summed E-state index contributed by atoms with van der Waals surface area (Å²) < 4.78 is 0. The van der Waals surface area contributed by atoms with Gasteiger partial charge in [-0.2, -0.15) is 0 Å². The SMILES string of the molecule is CCC(CC)CC1CC(C(C)C)CCC1CN. The zero-order valence-electron chi connectivity index (χ0n) is 12.4. The molecule has 1 fully saturated rings. The van der Waals surface area contributed by atoms with Gasteiger partial charge in [0.25, 0.3) is 0 Å². The van der Waals surface area contributed by atoms with Crippen LogP contribution in [0.3, 0.4) is 0 Å². The molecule has 0 spiro atoms. The van der Waals surface area contributed by atoms with Crippen molar-refractivity contribution < 1.29 is 0 Å². The Morgan fingerprint density at radius 3 is 2.18 bits per heavy atom. The van der Waals surface area contributed by atoms with Gasteiger partial charge in [-0.05, 0) is 61.8 Å². The van der Waals surface area contributed by atoms with E-state index >= 15 is 0 Å². The van der Waals surface area contributed by atoms with Gasteiger partial charge in [-0.3, -0.25) is 0 Å². The second-order valence-electron chi connectivity index (χ2n) is 6.49. The summed E-state index contributed by atoms with van der Waals surface area (Å²) in [4.78, 5) is 0. The van der Waals surface area contributed by atoms with Crippen molar-refractivity contribution in [2.75, 3.05) is 6.54 Å². The summed E-state index contributed by atoms with van der Waals surface area (Å²) in [6.07, 6.45) is 8.35. The minimum absolute atomic E-state index is 0.811. The van der Waals surface area contributed by atoms with Gasteiger partial charge < -0.3 is 5.73 Å². The van der Waals surface area contributed by atoms with Crippen molar-refractivity contribution in [1.29, 1.82) is 0 Å². The van der Waals surface area contributed by atoms with Crippen LogP contribution in [0.4, 0.5) is 0 Å². The van der Waals surface area contributed by atoms with Crippen LogP contribution in [0.2, 0.25) is 0 Å². The Balaban J connectivity index is 2.56. The molecular formula is C16H33N. The predicted molar refractivity (Wildman–Crippen MR) is 76.9 cm³/mol. The number of hydrogen-bond acceptors (Lipinski definition) is 1. The van der Waals surface area contributed by atoms with E-state index in [0.717, 1.165) is 36.1 Å². The molecule has 1 saturated carbocycles. The van der Waals surface area contributed by atoms with Gasteiger partial charge in [0.2, 0.25) is 0 Å². The highest BCUT2D eigenvalue weighted by molar-refractivity contribution is 4.83. The lowest BCUT2D eigenvalue weighted by molar-refractivity contribution is 0.127. The molecule has 0 saturated heterocycles. The van der Waals surface area contributed by atoms with E-state index in [4.69, 9.17) is 5.73 Å². The summed E-state index contributed by atoms with van der Waals surface area (Å²) in [5.41, 5.74) is 5.97. The quantitative estimate of drug-likeness (QED) is 0.727. The second kappa shape index (κ2) is 7.41. The van der Waals surface area contributed by atoms with Crippen LogP contribution in [-0.2, 0) is 0 Å². The van der Waals surface area contributed by atoms with E-state index in [-0.39, 0.29) is 0 Å². The third-order valence-electron chi connectivity index (χ3n) is 5.22. The van der Waals surface area contributed by atoms with Crippen LogP contribution in [0.5, 0.6) is 0 Å². The van der Waals surface area contributed by atoms with Gasteiger partial charge in [-0.25, -0.2) is 0 Å². The molecule has 1 rings (SSSR count). The summed E-state index contributed by atoms with van der Waals surface area (Å²) >= 11 is 0. The van der Waals surface area contributed by atoms with Crippen LogP contribution >= 0.6 is 0 Å². The normalized spacial score (nSPS) is 30.2. The molecule has 0 aliphatic heterocycles. The van der Waals surface area contributed by atoms with Crippen LogP contribution in [0.25, 0.3) is 0 Å². The summed E-state index contributed by atoms with van der Waals surface area (Å²) in [7, 11) is 0. The predicted octanol–water partition coefficient (Wildman–Crippen LogP) is 4.46. The molecule has 1 heteroatoms. The first-order valence-corrected chi connectivity index (χ1v) is 7.82. The van der Waals surface area contributed by atoms with Crippen molar-refractivity contribution in [3.63, 3.8) is 0 Å². The maximum Gasteiger partial charge on any atom is -0.00462 e. The average molecular weight is 239 g/mol. The van der Waals surface area contributed by atoms with Crippen LogP contribution < -0.4 is 5.73 Å². The van der Waals surface area contributed by atoms with Gasteiger partial charge in [0.05, 0.1) is 0 Å². The molecule has 0 radical (unpaired) electrons. The van der Waals surface area contributed by atoms with E-state index in [2.05, 4.69) is 27.7 Å². The van der Waals surface area contributed by atoms with Crippen LogP contribution in [0, 0.1) is 29.6 Å². The van der Waals surface area contributed by atoms with E-state index in [1.54, 1.807) is 0 Å². The lowest BCUT2D eigenvalue weighted by Gasteiger charge is -2.39. The Morgan fingerprint density at radius 1 is 1.06 bits per heavy atom. The molecule has 0 aromatic rings. The molecule has 17 heavy (non-hydrogen) atoms. The average Bonchev–Trinajstić information content (AvgIpc) is 2.35. The zero-order valence-corrected chi connectivity index (χ0v) is 12.4. The van der Waals surface area contributed by atoms with Gasteiger partial charge in [0, 0.05) is 0 Å². The first-order chi connectivity index (χ1) is 8.12. The minimum Gasteiger partial charge on any atom is -0.330 e. The Kier molecular flexibility index (Phi) is 6.54. The fourth-order valence-corrected chi connectivity index (χ4v) is 3.62. The Bertz CT molecular complexity index is 194. The molecule has 0 heterocycles. The Hall–Kier alpha value is -0.0400. The number of nitrogens with two attached hydrogens (primary N) is 1. The largest absolute Gasteiger partial charge is 0.330 e. The summed E-state index contributed by atoms with van der Waals surface area (Å²) in [6, 6.07) is 0. The van der Waals surface area contributed by atoms with Gasteiger partial charge in [-0.15, -0.1) is 0 Å². The van der Waals surface area contributed by atoms with Gasteiger partial charge in [-0.1, -0.05) is 40.5 Å². The molecule has 0 aromatic carbocycles. The molecule has 1 aliphatic rings. The van der Waals surface area contributed by atoms with Crippen LogP contribution in [-0.4, -0.2) is 6.54 Å². The maximum atomic E-state index is 5.97. The highest BCUT2D eigenvalue weighted by Crippen LogP contribution is 2.40. The Morgan fingerprint density at radius 2 is 1.71 bits per heavy atom. The first-order valence-electron chi connectivity index (χ1n) is 7.82. The van der Waals surface area contributed by atoms with Crippen molar-refractivity contribution in [2.45, 2.75) is 66.2 Å². The second-order valence-corrected chi connectivity index (χ2v) is 6.49. The standard InChI is InChI=1S/C16H33N/c1-5-13(6-2)9-16-10-14(12(3)4)7-8-15(16)11-17/h12-16H,5-11,17H2,1-4H3. The summed E-state index contributed by atoms with van der Waals surface area (Å²) in [5, 5.41) is 0. The minimum atomic E-state index is 0.811. The summed E-state index contributed by atoms with van der Waals surface area (Å²) in [6.45, 7) is 10.4. The van der Waals surface area contributed by atoms with E-state index in [0.29, 0.717) is 0 Å². The van der Waals surface area contributed by atoms with E-state index in [9.17, 15) is 0 Å². The molecule has 3 atom stereocenters. The van der Waals surface area contributed by atoms with E-state index in [1.165, 1.54) is 38.5 Å². The monoisotopic (exact) mass is 239 g/mol. The fourth-order valence-electron chi connectivity index (χ4n) is 3.62. The highest BCUT2D eigenvalue weighted by atomic mass is 14.6. The first kappa shape index (κ1) is 15.0. The van der Waals surface area contributed by atoms with Crippen LogP contribution in [0.1, 0.15) is 66.2 Å². The number of rotatable bonds is 6. The van der Waals surface area contributed by atoms with Crippen molar-refractivity contribution in [1.82, 2.24) is 0 Å².